The molecule has 1 aliphatic rings. The van der Waals surface area contributed by atoms with Gasteiger partial charge in [0.05, 0.1) is 17.1 Å². The number of rotatable bonds is 6. The van der Waals surface area contributed by atoms with Crippen LogP contribution in [0.15, 0.2) is 65.6 Å². The summed E-state index contributed by atoms with van der Waals surface area (Å²) in [5.41, 5.74) is 3.06. The molecule has 0 radical (unpaired) electrons. The number of anilines is 1. The maximum Gasteiger partial charge on any atom is 0.262 e. The Morgan fingerprint density at radius 3 is 2.48 bits per heavy atom. The van der Waals surface area contributed by atoms with Gasteiger partial charge in [0.25, 0.3) is 15.9 Å². The highest BCUT2D eigenvalue weighted by Gasteiger charge is 2.23. The standard InChI is InChI=1S/C25H26N2O5S/c1-16-8-9-17(2)21(12-16)27-33(29,30)24-13-19(11-10-18(24)3)25(28)26-14-20-15-31-22-6-4-5-7-23(22)32-20/h4-13,20,27H,14-15H2,1-3H3,(H,26,28)/t20-/m1/s1. The molecule has 7 nitrogen and oxygen atoms in total. The minimum atomic E-state index is -3.88. The quantitative estimate of drug-likeness (QED) is 0.573. The fourth-order valence-electron chi connectivity index (χ4n) is 3.55. The Kier molecular flexibility index (Phi) is 6.29. The van der Waals surface area contributed by atoms with E-state index >= 15 is 0 Å². The molecule has 0 spiro atoms. The van der Waals surface area contributed by atoms with Crippen LogP contribution >= 0.6 is 0 Å². The Morgan fingerprint density at radius 1 is 0.970 bits per heavy atom. The highest BCUT2D eigenvalue weighted by atomic mass is 32.2. The molecule has 1 amide bonds. The Hall–Kier alpha value is -3.52. The van der Waals surface area contributed by atoms with Gasteiger partial charge in [-0.25, -0.2) is 8.42 Å². The third kappa shape index (κ3) is 5.12. The third-order valence-electron chi connectivity index (χ3n) is 5.44. The molecule has 0 unspecified atom stereocenters. The number of carbonyl (C=O) groups excluding carboxylic acids is 1. The summed E-state index contributed by atoms with van der Waals surface area (Å²) in [6, 6.07) is 17.5. The molecule has 33 heavy (non-hydrogen) atoms. The van der Waals surface area contributed by atoms with Gasteiger partial charge < -0.3 is 14.8 Å². The van der Waals surface area contributed by atoms with E-state index in [4.69, 9.17) is 9.47 Å². The molecule has 1 aliphatic heterocycles. The first-order valence-corrected chi connectivity index (χ1v) is 12.1. The summed E-state index contributed by atoms with van der Waals surface area (Å²) in [6.45, 7) is 5.97. The van der Waals surface area contributed by atoms with Crippen molar-refractivity contribution >= 4 is 21.6 Å². The molecular formula is C25H26N2O5S. The van der Waals surface area contributed by atoms with Crippen LogP contribution in [0.5, 0.6) is 11.5 Å². The van der Waals surface area contributed by atoms with Crippen LogP contribution in [0.1, 0.15) is 27.0 Å². The highest BCUT2D eigenvalue weighted by molar-refractivity contribution is 7.92. The predicted octanol–water partition coefficient (Wildman–Crippen LogP) is 3.98. The molecular weight excluding hydrogens is 440 g/mol. The van der Waals surface area contributed by atoms with Crippen molar-refractivity contribution in [2.24, 2.45) is 0 Å². The van der Waals surface area contributed by atoms with E-state index in [-0.39, 0.29) is 29.0 Å². The number of hydrogen-bond acceptors (Lipinski definition) is 5. The number of carbonyl (C=O) groups is 1. The normalized spacial score (nSPS) is 15.1. The zero-order valence-corrected chi connectivity index (χ0v) is 19.5. The summed E-state index contributed by atoms with van der Waals surface area (Å²) in [5.74, 6) is 0.912. The maximum atomic E-state index is 13.1. The van der Waals surface area contributed by atoms with E-state index in [2.05, 4.69) is 10.0 Å². The molecule has 1 heterocycles. The van der Waals surface area contributed by atoms with Crippen molar-refractivity contribution in [3.05, 3.63) is 82.9 Å². The highest BCUT2D eigenvalue weighted by Crippen LogP contribution is 2.30. The van der Waals surface area contributed by atoms with Crippen molar-refractivity contribution in [3.8, 4) is 11.5 Å². The molecule has 3 aromatic rings. The molecule has 0 saturated heterocycles. The monoisotopic (exact) mass is 466 g/mol. The first kappa shape index (κ1) is 22.7. The van der Waals surface area contributed by atoms with Gasteiger partial charge >= 0.3 is 0 Å². The first-order chi connectivity index (χ1) is 15.7. The van der Waals surface area contributed by atoms with Gasteiger partial charge in [-0.1, -0.05) is 30.3 Å². The summed E-state index contributed by atoms with van der Waals surface area (Å²) in [6.07, 6.45) is -0.344. The van der Waals surface area contributed by atoms with Gasteiger partial charge in [0.15, 0.2) is 11.5 Å². The molecule has 2 N–H and O–H groups in total. The Labute approximate surface area is 193 Å². The van der Waals surface area contributed by atoms with E-state index in [1.165, 1.54) is 6.07 Å². The van der Waals surface area contributed by atoms with E-state index < -0.39 is 10.0 Å². The zero-order valence-electron chi connectivity index (χ0n) is 18.7. The van der Waals surface area contributed by atoms with E-state index in [0.717, 1.165) is 11.1 Å². The van der Waals surface area contributed by atoms with Gasteiger partial charge in [-0.3, -0.25) is 9.52 Å². The average Bonchev–Trinajstić information content (AvgIpc) is 2.79. The number of fused-ring (bicyclic) bond motifs is 1. The van der Waals surface area contributed by atoms with Crippen LogP contribution in [0.4, 0.5) is 5.69 Å². The second-order valence-corrected chi connectivity index (χ2v) is 9.76. The molecule has 0 fully saturated rings. The van der Waals surface area contributed by atoms with Crippen molar-refractivity contribution in [2.75, 3.05) is 17.9 Å². The van der Waals surface area contributed by atoms with Gasteiger partial charge in [-0.15, -0.1) is 0 Å². The Morgan fingerprint density at radius 2 is 1.70 bits per heavy atom. The van der Waals surface area contributed by atoms with Gasteiger partial charge in [-0.05, 0) is 67.8 Å². The predicted molar refractivity (Wildman–Crippen MR) is 127 cm³/mol. The Balaban J connectivity index is 1.47. The number of nitrogens with one attached hydrogen (secondary N) is 2. The molecule has 8 heteroatoms. The van der Waals surface area contributed by atoms with Crippen LogP contribution in [-0.4, -0.2) is 33.6 Å². The van der Waals surface area contributed by atoms with Gasteiger partial charge in [0.1, 0.15) is 12.7 Å². The summed E-state index contributed by atoms with van der Waals surface area (Å²) >= 11 is 0. The number of aryl methyl sites for hydroxylation is 3. The third-order valence-corrected chi connectivity index (χ3v) is 6.94. The van der Waals surface area contributed by atoms with Gasteiger partial charge in [0, 0.05) is 5.56 Å². The molecule has 0 bridgehead atoms. The number of hydrogen-bond donors (Lipinski definition) is 2. The molecule has 3 aromatic carbocycles. The second kappa shape index (κ2) is 9.15. The Bertz CT molecular complexity index is 1300. The average molecular weight is 467 g/mol. The molecule has 0 saturated carbocycles. The lowest BCUT2D eigenvalue weighted by molar-refractivity contribution is 0.0789. The van der Waals surface area contributed by atoms with E-state index in [9.17, 15) is 13.2 Å². The minimum absolute atomic E-state index is 0.0576. The fourth-order valence-corrected chi connectivity index (χ4v) is 4.94. The topological polar surface area (TPSA) is 93.7 Å². The summed E-state index contributed by atoms with van der Waals surface area (Å²) in [5, 5.41) is 2.80. The minimum Gasteiger partial charge on any atom is -0.486 e. The van der Waals surface area contributed by atoms with Crippen LogP contribution in [0.3, 0.4) is 0 Å². The second-order valence-electron chi connectivity index (χ2n) is 8.11. The van der Waals surface area contributed by atoms with Crippen molar-refractivity contribution in [2.45, 2.75) is 31.8 Å². The lowest BCUT2D eigenvalue weighted by Gasteiger charge is -2.26. The number of benzene rings is 3. The van der Waals surface area contributed by atoms with E-state index in [1.54, 1.807) is 25.1 Å². The van der Waals surface area contributed by atoms with Crippen molar-refractivity contribution in [1.29, 1.82) is 0 Å². The molecule has 4 rings (SSSR count). The number of sulfonamides is 1. The largest absolute Gasteiger partial charge is 0.486 e. The first-order valence-electron chi connectivity index (χ1n) is 10.6. The van der Waals surface area contributed by atoms with Gasteiger partial charge in [-0.2, -0.15) is 0 Å². The zero-order chi connectivity index (χ0) is 23.6. The van der Waals surface area contributed by atoms with E-state index in [1.807, 2.05) is 50.2 Å². The maximum absolute atomic E-state index is 13.1. The smallest absolute Gasteiger partial charge is 0.262 e. The van der Waals surface area contributed by atoms with Crippen LogP contribution in [0.25, 0.3) is 0 Å². The number of amides is 1. The van der Waals surface area contributed by atoms with Crippen LogP contribution in [0, 0.1) is 20.8 Å². The molecule has 0 aromatic heterocycles. The summed E-state index contributed by atoms with van der Waals surface area (Å²) in [4.78, 5) is 12.8. The lowest BCUT2D eigenvalue weighted by atomic mass is 10.1. The van der Waals surface area contributed by atoms with Crippen molar-refractivity contribution in [3.63, 3.8) is 0 Å². The molecule has 0 aliphatic carbocycles. The van der Waals surface area contributed by atoms with Crippen molar-refractivity contribution < 1.29 is 22.7 Å². The molecule has 1 atom stereocenters. The van der Waals surface area contributed by atoms with E-state index in [0.29, 0.717) is 29.4 Å². The van der Waals surface area contributed by atoms with Crippen LogP contribution in [0.2, 0.25) is 0 Å². The fraction of sp³-hybridized carbons (Fsp3) is 0.240. The number of ether oxygens (including phenoxy) is 2. The summed E-state index contributed by atoms with van der Waals surface area (Å²) in [7, 11) is -3.88. The lowest BCUT2D eigenvalue weighted by Crippen LogP contribution is -2.40. The van der Waals surface area contributed by atoms with Gasteiger partial charge in [0.2, 0.25) is 0 Å². The van der Waals surface area contributed by atoms with Crippen LogP contribution < -0.4 is 19.5 Å². The molecule has 172 valence electrons. The number of para-hydroxylation sites is 2. The SMILES string of the molecule is Cc1ccc(C)c(NS(=O)(=O)c2cc(C(=O)NC[C@@H]3COc4ccccc4O3)ccc2C)c1. The van der Waals surface area contributed by atoms with Crippen molar-refractivity contribution in [1.82, 2.24) is 5.32 Å². The summed E-state index contributed by atoms with van der Waals surface area (Å²) < 4.78 is 40.4. The van der Waals surface area contributed by atoms with Crippen LogP contribution in [-0.2, 0) is 10.0 Å².